The van der Waals surface area contributed by atoms with Crippen LogP contribution in [0.1, 0.15) is 0 Å². The van der Waals surface area contributed by atoms with Gasteiger partial charge in [0.25, 0.3) is 0 Å². The Bertz CT molecular complexity index is 2400. The van der Waals surface area contributed by atoms with Crippen LogP contribution in [0, 0.1) is 0 Å². The van der Waals surface area contributed by atoms with Gasteiger partial charge >= 0.3 is 0 Å². The number of aromatic nitrogens is 3. The first-order valence-electron chi connectivity index (χ1n) is 14.1. The van der Waals surface area contributed by atoms with E-state index in [1.54, 1.807) is 0 Å². The molecule has 0 aliphatic carbocycles. The van der Waals surface area contributed by atoms with Crippen LogP contribution in [-0.4, -0.2) is 14.5 Å². The first kappa shape index (κ1) is 23.4. The lowest BCUT2D eigenvalue weighted by atomic mass is 10.0. The molecule has 0 bridgehead atoms. The zero-order valence-corrected chi connectivity index (χ0v) is 23.3. The zero-order valence-electron chi connectivity index (χ0n) is 22.5. The van der Waals surface area contributed by atoms with Crippen molar-refractivity contribution in [3.63, 3.8) is 0 Å². The minimum absolute atomic E-state index is 0.669. The van der Waals surface area contributed by atoms with E-state index in [9.17, 15) is 0 Å². The molecule has 0 spiro atoms. The van der Waals surface area contributed by atoms with E-state index in [1.807, 2.05) is 23.5 Å². The van der Waals surface area contributed by atoms with Gasteiger partial charge in [0.1, 0.15) is 0 Å². The summed E-state index contributed by atoms with van der Waals surface area (Å²) in [6, 6.07) is 49.4. The summed E-state index contributed by atoms with van der Waals surface area (Å²) in [6.45, 7) is 0. The highest BCUT2D eigenvalue weighted by Crippen LogP contribution is 2.40. The SMILES string of the molecule is c1ccc(-c2cc(-c3ccccc3)nc(-n3c4ccccc4c4cc5cc6sc7ccccc7c6cc5cc43)n2)cc1. The maximum absolute atomic E-state index is 5.19. The molecule has 3 nitrogen and oxygen atoms in total. The second-order valence-electron chi connectivity index (χ2n) is 10.7. The molecular formula is C38H23N3S. The lowest BCUT2D eigenvalue weighted by Gasteiger charge is -2.12. The van der Waals surface area contributed by atoms with Crippen LogP contribution in [0.3, 0.4) is 0 Å². The van der Waals surface area contributed by atoms with Gasteiger partial charge in [-0.1, -0.05) is 97.1 Å². The quantitative estimate of drug-likeness (QED) is 0.218. The highest BCUT2D eigenvalue weighted by atomic mass is 32.1. The molecule has 0 saturated carbocycles. The first-order valence-corrected chi connectivity index (χ1v) is 14.9. The molecule has 0 aliphatic rings. The Kier molecular flexibility index (Phi) is 5.07. The molecule has 42 heavy (non-hydrogen) atoms. The molecule has 0 fully saturated rings. The van der Waals surface area contributed by atoms with Gasteiger partial charge in [-0.25, -0.2) is 9.97 Å². The largest absolute Gasteiger partial charge is 0.278 e. The van der Waals surface area contributed by atoms with Crippen molar-refractivity contribution in [2.24, 2.45) is 0 Å². The van der Waals surface area contributed by atoms with Gasteiger partial charge in [0.15, 0.2) is 0 Å². The van der Waals surface area contributed by atoms with E-state index in [2.05, 4.69) is 132 Å². The maximum Gasteiger partial charge on any atom is 0.235 e. The topological polar surface area (TPSA) is 30.7 Å². The number of para-hydroxylation sites is 1. The van der Waals surface area contributed by atoms with Crippen LogP contribution in [0.2, 0.25) is 0 Å². The minimum Gasteiger partial charge on any atom is -0.278 e. The summed E-state index contributed by atoms with van der Waals surface area (Å²) in [6.07, 6.45) is 0. The smallest absolute Gasteiger partial charge is 0.235 e. The molecule has 0 saturated heterocycles. The third-order valence-electron chi connectivity index (χ3n) is 8.18. The van der Waals surface area contributed by atoms with E-state index in [4.69, 9.17) is 9.97 Å². The molecule has 6 aromatic carbocycles. The van der Waals surface area contributed by atoms with Crippen LogP contribution in [0.15, 0.2) is 140 Å². The molecule has 3 aromatic heterocycles. The molecule has 196 valence electrons. The second-order valence-corrected chi connectivity index (χ2v) is 11.8. The lowest BCUT2D eigenvalue weighted by molar-refractivity contribution is 0.996. The molecule has 0 amide bonds. The number of hydrogen-bond donors (Lipinski definition) is 0. The van der Waals surface area contributed by atoms with Crippen molar-refractivity contribution in [2.75, 3.05) is 0 Å². The van der Waals surface area contributed by atoms with Crippen molar-refractivity contribution >= 4 is 64.1 Å². The van der Waals surface area contributed by atoms with Crippen molar-refractivity contribution < 1.29 is 0 Å². The van der Waals surface area contributed by atoms with E-state index in [-0.39, 0.29) is 0 Å². The zero-order chi connectivity index (χ0) is 27.6. The normalized spacial score (nSPS) is 11.8. The van der Waals surface area contributed by atoms with Gasteiger partial charge in [0.2, 0.25) is 5.95 Å². The van der Waals surface area contributed by atoms with E-state index in [0.29, 0.717) is 5.95 Å². The van der Waals surface area contributed by atoms with Crippen LogP contribution < -0.4 is 0 Å². The summed E-state index contributed by atoms with van der Waals surface area (Å²) in [4.78, 5) is 10.4. The fourth-order valence-electron chi connectivity index (χ4n) is 6.20. The highest BCUT2D eigenvalue weighted by molar-refractivity contribution is 7.25. The second kappa shape index (κ2) is 9.10. The molecule has 0 aliphatic heterocycles. The Hall–Kier alpha value is -5.32. The molecule has 3 heterocycles. The Labute approximate surface area is 246 Å². The van der Waals surface area contributed by atoms with E-state index in [1.165, 1.54) is 41.7 Å². The summed E-state index contributed by atoms with van der Waals surface area (Å²) in [5, 5.41) is 7.47. The number of hydrogen-bond acceptors (Lipinski definition) is 3. The number of fused-ring (bicyclic) bond motifs is 7. The van der Waals surface area contributed by atoms with E-state index >= 15 is 0 Å². The number of thiophene rings is 1. The van der Waals surface area contributed by atoms with Gasteiger partial charge in [0.05, 0.1) is 22.4 Å². The van der Waals surface area contributed by atoms with Crippen molar-refractivity contribution in [3.8, 4) is 28.5 Å². The maximum atomic E-state index is 5.19. The molecule has 0 unspecified atom stereocenters. The standard InChI is InChI=1S/C38H23N3S/c1-3-11-24(12-4-1)32-23-33(25-13-5-2-6-14-25)40-38(39-32)41-34-17-9-7-15-28(34)30-19-27-22-37-31(20-26(27)21-35(30)41)29-16-8-10-18-36(29)42-37/h1-23H. The molecule has 0 N–H and O–H groups in total. The van der Waals surface area contributed by atoms with Crippen LogP contribution in [0.4, 0.5) is 0 Å². The molecule has 0 atom stereocenters. The summed E-state index contributed by atoms with van der Waals surface area (Å²) in [7, 11) is 0. The number of rotatable bonds is 3. The predicted octanol–water partition coefficient (Wildman–Crippen LogP) is 10.4. The number of benzene rings is 6. The van der Waals surface area contributed by atoms with Gasteiger partial charge in [-0.2, -0.15) is 0 Å². The summed E-state index contributed by atoms with van der Waals surface area (Å²) in [5.74, 6) is 0.669. The Balaban J connectivity index is 1.37. The Morgan fingerprint density at radius 1 is 0.429 bits per heavy atom. The van der Waals surface area contributed by atoms with Crippen molar-refractivity contribution in [1.82, 2.24) is 14.5 Å². The average Bonchev–Trinajstić information content (AvgIpc) is 3.58. The molecule has 9 rings (SSSR count). The molecular weight excluding hydrogens is 531 g/mol. The fraction of sp³-hybridized carbons (Fsp3) is 0. The summed E-state index contributed by atoms with van der Waals surface area (Å²) >= 11 is 1.86. The van der Waals surface area contributed by atoms with E-state index < -0.39 is 0 Å². The van der Waals surface area contributed by atoms with E-state index in [0.717, 1.165) is 33.5 Å². The number of nitrogens with zero attached hydrogens (tertiary/aromatic N) is 3. The van der Waals surface area contributed by atoms with Crippen LogP contribution in [0.25, 0.3) is 81.2 Å². The first-order chi connectivity index (χ1) is 20.8. The van der Waals surface area contributed by atoms with Gasteiger partial charge < -0.3 is 0 Å². The Morgan fingerprint density at radius 2 is 1.02 bits per heavy atom. The van der Waals surface area contributed by atoms with Gasteiger partial charge in [-0.15, -0.1) is 11.3 Å². The molecule has 0 radical (unpaired) electrons. The average molecular weight is 554 g/mol. The third kappa shape index (κ3) is 3.59. The van der Waals surface area contributed by atoms with Crippen molar-refractivity contribution in [3.05, 3.63) is 140 Å². The summed E-state index contributed by atoms with van der Waals surface area (Å²) < 4.78 is 4.87. The lowest BCUT2D eigenvalue weighted by Crippen LogP contribution is -2.04. The van der Waals surface area contributed by atoms with Crippen LogP contribution in [-0.2, 0) is 0 Å². The van der Waals surface area contributed by atoms with Gasteiger partial charge in [-0.05, 0) is 53.2 Å². The van der Waals surface area contributed by atoms with Crippen molar-refractivity contribution in [2.45, 2.75) is 0 Å². The van der Waals surface area contributed by atoms with Crippen LogP contribution >= 0.6 is 11.3 Å². The Morgan fingerprint density at radius 3 is 1.76 bits per heavy atom. The van der Waals surface area contributed by atoms with Crippen molar-refractivity contribution in [1.29, 1.82) is 0 Å². The molecule has 4 heteroatoms. The summed E-state index contributed by atoms with van der Waals surface area (Å²) in [5.41, 5.74) is 6.13. The van der Waals surface area contributed by atoms with Gasteiger partial charge in [-0.3, -0.25) is 4.57 Å². The monoisotopic (exact) mass is 553 g/mol. The predicted molar refractivity (Wildman–Crippen MR) is 178 cm³/mol. The minimum atomic E-state index is 0.669. The van der Waals surface area contributed by atoms with Gasteiger partial charge in [0, 0.05) is 42.1 Å². The third-order valence-corrected chi connectivity index (χ3v) is 9.31. The molecule has 9 aromatic rings. The fourth-order valence-corrected chi connectivity index (χ4v) is 7.33. The van der Waals surface area contributed by atoms with Crippen LogP contribution in [0.5, 0.6) is 0 Å². The highest BCUT2D eigenvalue weighted by Gasteiger charge is 2.18.